The zero-order valence-corrected chi connectivity index (χ0v) is 18.6. The van der Waals surface area contributed by atoms with E-state index in [4.69, 9.17) is 0 Å². The molecule has 0 bridgehead atoms. The summed E-state index contributed by atoms with van der Waals surface area (Å²) in [7, 11) is 0. The fourth-order valence-electron chi connectivity index (χ4n) is 5.53. The number of phenolic OH excluding ortho intramolecular Hbond substituents is 2. The van der Waals surface area contributed by atoms with Crippen LogP contribution in [0.5, 0.6) is 11.5 Å². The van der Waals surface area contributed by atoms with Crippen LogP contribution in [0.4, 0.5) is 0 Å². The Bertz CT molecular complexity index is 1490. The van der Waals surface area contributed by atoms with E-state index in [2.05, 4.69) is 68.4 Å². The molecule has 2 heteroatoms. The third-order valence-corrected chi connectivity index (χ3v) is 7.01. The first kappa shape index (κ1) is 19.6. The highest BCUT2D eigenvalue weighted by molar-refractivity contribution is 5.90. The van der Waals surface area contributed by atoms with Crippen LogP contribution in [0, 0.1) is 13.8 Å². The molecule has 0 saturated heterocycles. The van der Waals surface area contributed by atoms with Crippen LogP contribution < -0.4 is 0 Å². The lowest BCUT2D eigenvalue weighted by molar-refractivity contribution is 0.474. The molecule has 0 aliphatic heterocycles. The van der Waals surface area contributed by atoms with Crippen molar-refractivity contribution in [2.24, 2.45) is 0 Å². The van der Waals surface area contributed by atoms with Crippen LogP contribution in [0.2, 0.25) is 0 Å². The molecule has 0 atom stereocenters. The van der Waals surface area contributed by atoms with E-state index in [1.54, 1.807) is 24.3 Å². The van der Waals surface area contributed by atoms with Crippen molar-refractivity contribution in [2.45, 2.75) is 19.3 Å². The Balaban J connectivity index is 1.77. The van der Waals surface area contributed by atoms with Crippen molar-refractivity contribution in [2.75, 3.05) is 0 Å². The lowest BCUT2D eigenvalue weighted by atomic mass is 9.67. The summed E-state index contributed by atoms with van der Waals surface area (Å²) in [6.45, 7) is 4.28. The van der Waals surface area contributed by atoms with Crippen LogP contribution in [-0.4, -0.2) is 10.2 Å². The molecule has 1 aliphatic carbocycles. The zero-order valence-electron chi connectivity index (χ0n) is 18.6. The molecule has 5 aromatic carbocycles. The number of benzene rings is 5. The number of hydrogen-bond donors (Lipinski definition) is 2. The monoisotopic (exact) mass is 428 g/mol. The SMILES string of the molecule is Cc1ccc2c(c1)-c1cc(C)ccc1C2(c1ccc(O)cc1)c1ccc2cc(O)ccc2c1. The van der Waals surface area contributed by atoms with Gasteiger partial charge in [0.05, 0.1) is 5.41 Å². The van der Waals surface area contributed by atoms with Crippen LogP contribution in [0.15, 0.2) is 97.1 Å². The second kappa shape index (κ2) is 6.98. The fourth-order valence-corrected chi connectivity index (χ4v) is 5.53. The molecule has 0 unspecified atom stereocenters. The largest absolute Gasteiger partial charge is 0.508 e. The average Bonchev–Trinajstić information content (AvgIpc) is 3.09. The van der Waals surface area contributed by atoms with Crippen molar-refractivity contribution in [1.82, 2.24) is 0 Å². The minimum Gasteiger partial charge on any atom is -0.508 e. The Labute approximate surface area is 193 Å². The average molecular weight is 429 g/mol. The second-order valence-electron chi connectivity index (χ2n) is 9.14. The Kier molecular flexibility index (Phi) is 4.15. The molecule has 0 heterocycles. The molecule has 0 radical (unpaired) electrons. The molecule has 0 saturated carbocycles. The molecule has 1 aliphatic rings. The van der Waals surface area contributed by atoms with Gasteiger partial charge in [0.1, 0.15) is 11.5 Å². The van der Waals surface area contributed by atoms with E-state index in [9.17, 15) is 10.2 Å². The van der Waals surface area contributed by atoms with Crippen LogP contribution in [0.25, 0.3) is 21.9 Å². The topological polar surface area (TPSA) is 40.5 Å². The van der Waals surface area contributed by atoms with Crippen molar-refractivity contribution < 1.29 is 10.2 Å². The molecule has 0 spiro atoms. The van der Waals surface area contributed by atoms with Crippen molar-refractivity contribution >= 4 is 10.8 Å². The predicted molar refractivity (Wildman–Crippen MR) is 134 cm³/mol. The summed E-state index contributed by atoms with van der Waals surface area (Å²) in [6.07, 6.45) is 0. The van der Waals surface area contributed by atoms with Gasteiger partial charge in [0.25, 0.3) is 0 Å². The first-order valence-corrected chi connectivity index (χ1v) is 11.2. The molecule has 0 aromatic heterocycles. The molecule has 2 nitrogen and oxygen atoms in total. The van der Waals surface area contributed by atoms with Gasteiger partial charge in [0.2, 0.25) is 0 Å². The van der Waals surface area contributed by atoms with Gasteiger partial charge in [0.15, 0.2) is 0 Å². The molecule has 5 aromatic rings. The van der Waals surface area contributed by atoms with Gasteiger partial charge in [-0.2, -0.15) is 0 Å². The van der Waals surface area contributed by atoms with Gasteiger partial charge in [0, 0.05) is 0 Å². The van der Waals surface area contributed by atoms with Crippen molar-refractivity contribution in [3.8, 4) is 22.6 Å². The van der Waals surface area contributed by atoms with Crippen LogP contribution >= 0.6 is 0 Å². The van der Waals surface area contributed by atoms with Gasteiger partial charge in [-0.25, -0.2) is 0 Å². The van der Waals surface area contributed by atoms with Gasteiger partial charge in [-0.3, -0.25) is 0 Å². The number of fused-ring (bicyclic) bond motifs is 4. The first-order valence-electron chi connectivity index (χ1n) is 11.2. The molecule has 0 fully saturated rings. The third-order valence-electron chi connectivity index (χ3n) is 7.01. The molecule has 6 rings (SSSR count). The summed E-state index contributed by atoms with van der Waals surface area (Å²) in [6, 6.07) is 33.1. The van der Waals surface area contributed by atoms with Crippen LogP contribution in [-0.2, 0) is 5.41 Å². The van der Waals surface area contributed by atoms with E-state index in [-0.39, 0.29) is 11.5 Å². The number of aryl methyl sites for hydroxylation is 2. The molecule has 160 valence electrons. The highest BCUT2D eigenvalue weighted by atomic mass is 16.3. The van der Waals surface area contributed by atoms with Gasteiger partial charge in [-0.15, -0.1) is 0 Å². The summed E-state index contributed by atoms with van der Waals surface area (Å²) < 4.78 is 0. The minimum absolute atomic E-state index is 0.258. The van der Waals surface area contributed by atoms with Crippen molar-refractivity contribution in [1.29, 1.82) is 0 Å². The predicted octanol–water partition coefficient (Wildman–Crippen LogP) is 7.23. The maximum atomic E-state index is 10.1. The lowest BCUT2D eigenvalue weighted by Crippen LogP contribution is -2.28. The number of aromatic hydroxyl groups is 2. The quantitative estimate of drug-likeness (QED) is 0.305. The smallest absolute Gasteiger partial charge is 0.116 e. The standard InChI is InChI=1S/C31H24O2/c1-19-3-13-29-27(15-19)28-16-20(2)4-14-30(28)31(29,23-8-11-25(32)12-9-23)24-7-5-22-18-26(33)10-6-21(22)17-24/h3-18,32-33H,1-2H3. The van der Waals surface area contributed by atoms with E-state index in [0.717, 1.165) is 16.3 Å². The van der Waals surface area contributed by atoms with Crippen molar-refractivity contribution in [3.05, 3.63) is 130 Å². The molecule has 2 N–H and O–H groups in total. The zero-order chi connectivity index (χ0) is 22.7. The van der Waals surface area contributed by atoms with E-state index in [0.29, 0.717) is 0 Å². The first-order chi connectivity index (χ1) is 16.0. The fraction of sp³-hybridized carbons (Fsp3) is 0.0968. The van der Waals surface area contributed by atoms with Gasteiger partial charge < -0.3 is 10.2 Å². The number of hydrogen-bond acceptors (Lipinski definition) is 2. The van der Waals surface area contributed by atoms with E-state index in [1.165, 1.54) is 38.9 Å². The van der Waals surface area contributed by atoms with Gasteiger partial charge in [-0.1, -0.05) is 77.9 Å². The maximum Gasteiger partial charge on any atom is 0.116 e. The normalized spacial score (nSPS) is 13.6. The molecule has 33 heavy (non-hydrogen) atoms. The van der Waals surface area contributed by atoms with Gasteiger partial charge >= 0.3 is 0 Å². The highest BCUT2D eigenvalue weighted by Crippen LogP contribution is 2.56. The Morgan fingerprint density at radius 2 is 1.00 bits per heavy atom. The van der Waals surface area contributed by atoms with Crippen LogP contribution in [0.1, 0.15) is 33.4 Å². The Morgan fingerprint density at radius 3 is 1.64 bits per heavy atom. The summed E-state index contributed by atoms with van der Waals surface area (Å²) in [5, 5.41) is 22.1. The van der Waals surface area contributed by atoms with E-state index >= 15 is 0 Å². The number of rotatable bonds is 2. The minimum atomic E-state index is -0.508. The second-order valence-corrected chi connectivity index (χ2v) is 9.14. The summed E-state index contributed by atoms with van der Waals surface area (Å²) in [4.78, 5) is 0. The van der Waals surface area contributed by atoms with Crippen LogP contribution in [0.3, 0.4) is 0 Å². The Morgan fingerprint density at radius 1 is 0.485 bits per heavy atom. The highest BCUT2D eigenvalue weighted by Gasteiger charge is 2.46. The molecular formula is C31H24O2. The van der Waals surface area contributed by atoms with E-state index in [1.807, 2.05) is 18.2 Å². The van der Waals surface area contributed by atoms with E-state index < -0.39 is 5.41 Å². The summed E-state index contributed by atoms with van der Waals surface area (Å²) >= 11 is 0. The lowest BCUT2D eigenvalue weighted by Gasteiger charge is -2.34. The summed E-state index contributed by atoms with van der Waals surface area (Å²) in [5.41, 5.74) is 9.25. The van der Waals surface area contributed by atoms with Gasteiger partial charge in [-0.05, 0) is 88.3 Å². The van der Waals surface area contributed by atoms with Crippen molar-refractivity contribution in [3.63, 3.8) is 0 Å². The molecule has 0 amide bonds. The summed E-state index contributed by atoms with van der Waals surface area (Å²) in [5.74, 6) is 0.528. The third kappa shape index (κ3) is 2.81. The maximum absolute atomic E-state index is 10.1. The Hall–Kier alpha value is -4.04. The number of phenols is 2. The molecular weight excluding hydrogens is 404 g/mol.